The molecule has 0 unspecified atom stereocenters. The smallest absolute Gasteiger partial charge is 0.310 e. The van der Waals surface area contributed by atoms with Crippen LogP contribution in [0.15, 0.2) is 47.6 Å². The minimum absolute atomic E-state index is 0.00276. The first kappa shape index (κ1) is 18.7. The number of ether oxygens (including phenoxy) is 1. The molecule has 0 aromatic heterocycles. The Kier molecular flexibility index (Phi) is 6.32. The molecule has 0 saturated heterocycles. The van der Waals surface area contributed by atoms with Crippen LogP contribution in [0.25, 0.3) is 0 Å². The highest BCUT2D eigenvalue weighted by atomic mass is 35.5. The normalized spacial score (nSPS) is 12.0. The van der Waals surface area contributed by atoms with Crippen molar-refractivity contribution in [3.05, 3.63) is 68.2 Å². The van der Waals surface area contributed by atoms with Crippen LogP contribution in [0.1, 0.15) is 12.5 Å². The summed E-state index contributed by atoms with van der Waals surface area (Å²) in [5.41, 5.74) is 2.58. The first-order valence-electron chi connectivity index (χ1n) is 7.07. The number of hydrogen-bond donors (Lipinski definition) is 1. The van der Waals surface area contributed by atoms with Gasteiger partial charge in [0.15, 0.2) is 11.9 Å². The Morgan fingerprint density at radius 2 is 2.00 bits per heavy atom. The highest BCUT2D eigenvalue weighted by molar-refractivity contribution is 6.43. The Hall–Kier alpha value is -2.64. The van der Waals surface area contributed by atoms with Crippen molar-refractivity contribution in [1.82, 2.24) is 5.43 Å². The summed E-state index contributed by atoms with van der Waals surface area (Å²) in [6, 6.07) is 10.8. The van der Waals surface area contributed by atoms with Crippen LogP contribution < -0.4 is 10.2 Å². The maximum absolute atomic E-state index is 12.0. The lowest BCUT2D eigenvalue weighted by atomic mass is 10.2. The average molecular weight is 382 g/mol. The summed E-state index contributed by atoms with van der Waals surface area (Å²) in [6.07, 6.45) is 0.345. The lowest BCUT2D eigenvalue weighted by molar-refractivity contribution is -0.386. The van der Waals surface area contributed by atoms with Crippen molar-refractivity contribution in [2.45, 2.75) is 13.0 Å². The molecule has 1 amide bonds. The molecule has 9 heteroatoms. The zero-order valence-corrected chi connectivity index (χ0v) is 14.5. The third-order valence-electron chi connectivity index (χ3n) is 3.09. The molecular formula is C16H13Cl2N3O4. The molecule has 0 radical (unpaired) electrons. The van der Waals surface area contributed by atoms with Crippen molar-refractivity contribution in [2.24, 2.45) is 5.10 Å². The van der Waals surface area contributed by atoms with Gasteiger partial charge in [-0.1, -0.05) is 47.5 Å². The molecule has 1 N–H and O–H groups in total. The Morgan fingerprint density at radius 3 is 2.72 bits per heavy atom. The van der Waals surface area contributed by atoms with Crippen molar-refractivity contribution >= 4 is 41.0 Å². The van der Waals surface area contributed by atoms with Crippen molar-refractivity contribution in [2.75, 3.05) is 0 Å². The number of rotatable bonds is 6. The highest BCUT2D eigenvalue weighted by Gasteiger charge is 2.20. The Balaban J connectivity index is 2.00. The second-order valence-corrected chi connectivity index (χ2v) is 5.65. The van der Waals surface area contributed by atoms with Gasteiger partial charge < -0.3 is 4.74 Å². The second-order valence-electron chi connectivity index (χ2n) is 4.86. The van der Waals surface area contributed by atoms with Gasteiger partial charge >= 0.3 is 5.69 Å². The standard InChI is InChI=1S/C16H13Cl2N3O4/c1-10(25-14-8-3-2-7-13(14)21(23)24)16(22)20-19-9-11-5-4-6-12(17)15(11)18/h2-10H,1H3,(H,20,22)/t10-/m1/s1. The number of hydrazone groups is 1. The number of amides is 1. The van der Waals surface area contributed by atoms with Crippen molar-refractivity contribution < 1.29 is 14.5 Å². The molecule has 2 aromatic carbocycles. The van der Waals surface area contributed by atoms with E-state index in [9.17, 15) is 14.9 Å². The third kappa shape index (κ3) is 4.91. The maximum Gasteiger partial charge on any atom is 0.310 e. The van der Waals surface area contributed by atoms with Crippen LogP contribution in [-0.4, -0.2) is 23.1 Å². The van der Waals surface area contributed by atoms with E-state index in [0.717, 1.165) is 0 Å². The van der Waals surface area contributed by atoms with E-state index in [1.165, 1.54) is 31.3 Å². The summed E-state index contributed by atoms with van der Waals surface area (Å²) in [7, 11) is 0. The second kappa shape index (κ2) is 8.46. The molecule has 7 nitrogen and oxygen atoms in total. The van der Waals surface area contributed by atoms with E-state index in [0.29, 0.717) is 15.6 Å². The van der Waals surface area contributed by atoms with Crippen LogP contribution >= 0.6 is 23.2 Å². The van der Waals surface area contributed by atoms with Crippen molar-refractivity contribution in [3.8, 4) is 5.75 Å². The molecule has 0 heterocycles. The summed E-state index contributed by atoms with van der Waals surface area (Å²) in [5, 5.41) is 15.4. The molecule has 0 aliphatic carbocycles. The zero-order chi connectivity index (χ0) is 18.4. The van der Waals surface area contributed by atoms with Gasteiger partial charge in [0.1, 0.15) is 0 Å². The number of halogens is 2. The van der Waals surface area contributed by atoms with Gasteiger partial charge in [0, 0.05) is 11.6 Å². The number of benzene rings is 2. The fourth-order valence-electron chi connectivity index (χ4n) is 1.83. The third-order valence-corrected chi connectivity index (χ3v) is 3.93. The zero-order valence-electron chi connectivity index (χ0n) is 13.0. The largest absolute Gasteiger partial charge is 0.474 e. The van der Waals surface area contributed by atoms with Crippen LogP contribution in [-0.2, 0) is 4.79 Å². The average Bonchev–Trinajstić information content (AvgIpc) is 2.58. The van der Waals surface area contributed by atoms with E-state index in [2.05, 4.69) is 10.5 Å². The van der Waals surface area contributed by atoms with E-state index < -0.39 is 16.9 Å². The van der Waals surface area contributed by atoms with Gasteiger partial charge in [-0.3, -0.25) is 14.9 Å². The van der Waals surface area contributed by atoms with E-state index >= 15 is 0 Å². The molecular weight excluding hydrogens is 369 g/mol. The van der Waals surface area contributed by atoms with E-state index in [-0.39, 0.29) is 11.4 Å². The van der Waals surface area contributed by atoms with Crippen LogP contribution in [0.3, 0.4) is 0 Å². The van der Waals surface area contributed by atoms with Gasteiger partial charge in [-0.25, -0.2) is 5.43 Å². The molecule has 2 rings (SSSR count). The number of nitrogens with zero attached hydrogens (tertiary/aromatic N) is 2. The number of carbonyl (C=O) groups is 1. The first-order valence-corrected chi connectivity index (χ1v) is 7.82. The fourth-order valence-corrected chi connectivity index (χ4v) is 2.18. The quantitative estimate of drug-likeness (QED) is 0.467. The van der Waals surface area contributed by atoms with Gasteiger partial charge in [0.2, 0.25) is 0 Å². The summed E-state index contributed by atoms with van der Waals surface area (Å²) in [4.78, 5) is 22.3. The van der Waals surface area contributed by atoms with Crippen LogP contribution in [0.2, 0.25) is 10.0 Å². The molecule has 25 heavy (non-hydrogen) atoms. The summed E-state index contributed by atoms with van der Waals surface area (Å²) in [6.45, 7) is 1.45. The van der Waals surface area contributed by atoms with E-state index in [4.69, 9.17) is 27.9 Å². The lowest BCUT2D eigenvalue weighted by Gasteiger charge is -2.12. The highest BCUT2D eigenvalue weighted by Crippen LogP contribution is 2.27. The molecule has 0 aliphatic heterocycles. The predicted octanol–water partition coefficient (Wildman–Crippen LogP) is 3.82. The number of hydrogen-bond acceptors (Lipinski definition) is 5. The van der Waals surface area contributed by atoms with Gasteiger partial charge in [0.25, 0.3) is 5.91 Å². The molecule has 0 saturated carbocycles. The number of carbonyl (C=O) groups excluding carboxylic acids is 1. The SMILES string of the molecule is C[C@@H](Oc1ccccc1[N+](=O)[O-])C(=O)NN=Cc1cccc(Cl)c1Cl. The van der Waals surface area contributed by atoms with Crippen molar-refractivity contribution in [3.63, 3.8) is 0 Å². The Morgan fingerprint density at radius 1 is 1.28 bits per heavy atom. The van der Waals surface area contributed by atoms with Crippen LogP contribution in [0, 0.1) is 10.1 Å². The van der Waals surface area contributed by atoms with E-state index in [1.807, 2.05) is 0 Å². The summed E-state index contributed by atoms with van der Waals surface area (Å²) >= 11 is 11.9. The predicted molar refractivity (Wildman–Crippen MR) is 95.4 cm³/mol. The maximum atomic E-state index is 12.0. The molecule has 0 fully saturated rings. The molecule has 130 valence electrons. The number of para-hydroxylation sites is 2. The summed E-state index contributed by atoms with van der Waals surface area (Å²) < 4.78 is 5.34. The molecule has 2 aromatic rings. The summed E-state index contributed by atoms with van der Waals surface area (Å²) in [5.74, 6) is -0.579. The van der Waals surface area contributed by atoms with Gasteiger partial charge in [-0.05, 0) is 19.1 Å². The lowest BCUT2D eigenvalue weighted by Crippen LogP contribution is -2.33. The minimum atomic E-state index is -0.993. The molecule has 0 aliphatic rings. The van der Waals surface area contributed by atoms with Crippen LogP contribution in [0.4, 0.5) is 5.69 Å². The minimum Gasteiger partial charge on any atom is -0.474 e. The van der Waals surface area contributed by atoms with Gasteiger partial charge in [-0.2, -0.15) is 5.10 Å². The van der Waals surface area contributed by atoms with E-state index in [1.54, 1.807) is 24.3 Å². The molecule has 0 spiro atoms. The Labute approximate surface area is 153 Å². The monoisotopic (exact) mass is 381 g/mol. The van der Waals surface area contributed by atoms with Gasteiger partial charge in [-0.15, -0.1) is 0 Å². The first-order chi connectivity index (χ1) is 11.9. The number of nitro benzene ring substituents is 1. The molecule has 1 atom stereocenters. The topological polar surface area (TPSA) is 93.8 Å². The number of nitrogens with one attached hydrogen (secondary N) is 1. The number of nitro groups is 1. The molecule has 0 bridgehead atoms. The van der Waals surface area contributed by atoms with Crippen LogP contribution in [0.5, 0.6) is 5.75 Å². The Bertz CT molecular complexity index is 827. The van der Waals surface area contributed by atoms with Gasteiger partial charge in [0.05, 0.1) is 21.2 Å². The fraction of sp³-hybridized carbons (Fsp3) is 0.125. The van der Waals surface area contributed by atoms with Crippen molar-refractivity contribution in [1.29, 1.82) is 0 Å².